The van der Waals surface area contributed by atoms with Gasteiger partial charge < -0.3 is 9.73 Å². The smallest absolute Gasteiger partial charge is 0.181 e. The molecule has 2 aromatic carbocycles. The molecule has 1 aliphatic rings. The van der Waals surface area contributed by atoms with Crippen LogP contribution in [0.2, 0.25) is 0 Å². The summed E-state index contributed by atoms with van der Waals surface area (Å²) < 4.78 is 5.36. The average molecular weight is 294 g/mol. The zero-order valence-electron chi connectivity index (χ0n) is 11.3. The fourth-order valence-corrected chi connectivity index (χ4v) is 3.76. The van der Waals surface area contributed by atoms with Crippen molar-refractivity contribution in [3.8, 4) is 11.3 Å². The maximum atomic E-state index is 5.36. The van der Waals surface area contributed by atoms with Gasteiger partial charge in [0.05, 0.1) is 12.2 Å². The molecule has 0 amide bonds. The van der Waals surface area contributed by atoms with Crippen molar-refractivity contribution in [1.29, 1.82) is 0 Å². The predicted molar refractivity (Wildman–Crippen MR) is 85.5 cm³/mol. The molecule has 1 aromatic heterocycles. The number of nitrogens with zero attached hydrogens (tertiary/aromatic N) is 1. The highest BCUT2D eigenvalue weighted by Crippen LogP contribution is 2.39. The van der Waals surface area contributed by atoms with Gasteiger partial charge in [0.2, 0.25) is 0 Å². The van der Waals surface area contributed by atoms with E-state index in [9.17, 15) is 0 Å². The summed E-state index contributed by atoms with van der Waals surface area (Å²) in [5.41, 5.74) is 3.52. The van der Waals surface area contributed by atoms with Crippen molar-refractivity contribution in [1.82, 2.24) is 4.98 Å². The van der Waals surface area contributed by atoms with Gasteiger partial charge in [0.1, 0.15) is 0 Å². The molecule has 3 nitrogen and oxygen atoms in total. The number of aromatic nitrogens is 1. The van der Waals surface area contributed by atoms with Gasteiger partial charge in [-0.15, -0.1) is 11.8 Å². The molecule has 0 fully saturated rings. The van der Waals surface area contributed by atoms with E-state index in [4.69, 9.17) is 4.42 Å². The SMILES string of the molecule is c1cc(NC2CSc3ccccc32)cc(-c2cnco2)c1. The number of thioether (sulfide) groups is 1. The third-order valence-corrected chi connectivity index (χ3v) is 4.80. The van der Waals surface area contributed by atoms with E-state index in [1.807, 2.05) is 23.9 Å². The molecule has 1 aliphatic heterocycles. The molecular weight excluding hydrogens is 280 g/mol. The standard InChI is InChI=1S/C17H14N2OS/c1-2-7-17-14(6-1)15(10-21-17)19-13-5-3-4-12(8-13)16-9-18-11-20-16/h1-9,11,15,19H,10H2. The fourth-order valence-electron chi connectivity index (χ4n) is 2.60. The number of anilines is 1. The Labute approximate surface area is 127 Å². The number of oxazole rings is 1. The third kappa shape index (κ3) is 2.43. The van der Waals surface area contributed by atoms with Crippen molar-refractivity contribution in [2.45, 2.75) is 10.9 Å². The van der Waals surface area contributed by atoms with Crippen molar-refractivity contribution in [3.05, 3.63) is 66.7 Å². The molecule has 1 atom stereocenters. The summed E-state index contributed by atoms with van der Waals surface area (Å²) in [4.78, 5) is 5.35. The van der Waals surface area contributed by atoms with Gasteiger partial charge in [-0.2, -0.15) is 0 Å². The fraction of sp³-hybridized carbons (Fsp3) is 0.118. The Kier molecular flexibility index (Phi) is 3.16. The van der Waals surface area contributed by atoms with Crippen LogP contribution < -0.4 is 5.32 Å². The topological polar surface area (TPSA) is 38.1 Å². The second-order valence-electron chi connectivity index (χ2n) is 4.99. The third-order valence-electron chi connectivity index (χ3n) is 3.62. The molecule has 0 saturated carbocycles. The molecule has 3 aromatic rings. The van der Waals surface area contributed by atoms with Crippen LogP contribution >= 0.6 is 11.8 Å². The molecule has 0 radical (unpaired) electrons. The summed E-state index contributed by atoms with van der Waals surface area (Å²) in [5, 5.41) is 3.62. The average Bonchev–Trinajstić information content (AvgIpc) is 3.18. The van der Waals surface area contributed by atoms with E-state index in [1.54, 1.807) is 6.20 Å². The van der Waals surface area contributed by atoms with Crippen LogP contribution in [0.1, 0.15) is 11.6 Å². The molecular formula is C17H14N2OS. The van der Waals surface area contributed by atoms with Gasteiger partial charge in [-0.1, -0.05) is 30.3 Å². The molecule has 0 bridgehead atoms. The number of rotatable bonds is 3. The Morgan fingerprint density at radius 1 is 1.14 bits per heavy atom. The zero-order chi connectivity index (χ0) is 14.1. The summed E-state index contributed by atoms with van der Waals surface area (Å²) in [6, 6.07) is 17.2. The van der Waals surface area contributed by atoms with E-state index in [0.717, 1.165) is 22.8 Å². The molecule has 2 heterocycles. The highest BCUT2D eigenvalue weighted by molar-refractivity contribution is 7.99. The predicted octanol–water partition coefficient (Wildman–Crippen LogP) is 4.60. The number of benzene rings is 2. The lowest BCUT2D eigenvalue weighted by atomic mass is 10.1. The molecule has 0 saturated heterocycles. The second-order valence-corrected chi connectivity index (χ2v) is 6.05. The van der Waals surface area contributed by atoms with Crippen molar-refractivity contribution >= 4 is 17.4 Å². The van der Waals surface area contributed by atoms with Crippen molar-refractivity contribution < 1.29 is 4.42 Å². The minimum atomic E-state index is 0.358. The first-order valence-corrected chi connectivity index (χ1v) is 7.86. The first kappa shape index (κ1) is 12.5. The summed E-state index contributed by atoms with van der Waals surface area (Å²) in [6.45, 7) is 0. The van der Waals surface area contributed by atoms with E-state index in [2.05, 4.69) is 46.7 Å². The van der Waals surface area contributed by atoms with Crippen molar-refractivity contribution in [3.63, 3.8) is 0 Å². The maximum Gasteiger partial charge on any atom is 0.181 e. The normalized spacial score (nSPS) is 16.7. The Morgan fingerprint density at radius 3 is 3.00 bits per heavy atom. The minimum absolute atomic E-state index is 0.358. The second kappa shape index (κ2) is 5.30. The van der Waals surface area contributed by atoms with Crippen LogP contribution in [-0.2, 0) is 0 Å². The number of fused-ring (bicyclic) bond motifs is 1. The van der Waals surface area contributed by atoms with E-state index in [1.165, 1.54) is 16.9 Å². The summed E-state index contributed by atoms with van der Waals surface area (Å²) in [5.74, 6) is 1.85. The lowest BCUT2D eigenvalue weighted by Crippen LogP contribution is -2.09. The number of hydrogen-bond donors (Lipinski definition) is 1. The van der Waals surface area contributed by atoms with Gasteiger partial charge in [-0.25, -0.2) is 4.98 Å². The maximum absolute atomic E-state index is 5.36. The highest BCUT2D eigenvalue weighted by Gasteiger charge is 2.22. The first-order chi connectivity index (χ1) is 10.4. The Balaban J connectivity index is 1.60. The largest absolute Gasteiger partial charge is 0.444 e. The Morgan fingerprint density at radius 2 is 2.10 bits per heavy atom. The minimum Gasteiger partial charge on any atom is -0.444 e. The molecule has 0 spiro atoms. The van der Waals surface area contributed by atoms with Crippen LogP contribution in [0.25, 0.3) is 11.3 Å². The summed E-state index contributed by atoms with van der Waals surface area (Å²) in [6.07, 6.45) is 3.19. The monoisotopic (exact) mass is 294 g/mol. The zero-order valence-corrected chi connectivity index (χ0v) is 12.1. The van der Waals surface area contributed by atoms with Crippen LogP contribution in [-0.4, -0.2) is 10.7 Å². The van der Waals surface area contributed by atoms with Gasteiger partial charge in [-0.05, 0) is 23.8 Å². The highest BCUT2D eigenvalue weighted by atomic mass is 32.2. The molecule has 4 heteroatoms. The molecule has 0 aliphatic carbocycles. The molecule has 21 heavy (non-hydrogen) atoms. The van der Waals surface area contributed by atoms with Gasteiger partial charge in [0, 0.05) is 21.9 Å². The lowest BCUT2D eigenvalue weighted by Gasteiger charge is -2.15. The van der Waals surface area contributed by atoms with Crippen LogP contribution in [0.4, 0.5) is 5.69 Å². The summed E-state index contributed by atoms with van der Waals surface area (Å²) in [7, 11) is 0. The van der Waals surface area contributed by atoms with Crippen molar-refractivity contribution in [2.24, 2.45) is 0 Å². The number of nitrogens with one attached hydrogen (secondary N) is 1. The van der Waals surface area contributed by atoms with Gasteiger partial charge in [0.25, 0.3) is 0 Å². The van der Waals surface area contributed by atoms with Crippen LogP contribution in [0.3, 0.4) is 0 Å². The van der Waals surface area contributed by atoms with Crippen LogP contribution in [0, 0.1) is 0 Å². The van der Waals surface area contributed by atoms with Crippen molar-refractivity contribution in [2.75, 3.05) is 11.1 Å². The van der Waals surface area contributed by atoms with E-state index in [0.29, 0.717) is 6.04 Å². The van der Waals surface area contributed by atoms with Crippen LogP contribution in [0.15, 0.2) is 70.4 Å². The first-order valence-electron chi connectivity index (χ1n) is 6.87. The summed E-state index contributed by atoms with van der Waals surface area (Å²) >= 11 is 1.91. The van der Waals surface area contributed by atoms with Gasteiger partial charge >= 0.3 is 0 Å². The van der Waals surface area contributed by atoms with E-state index < -0.39 is 0 Å². The molecule has 4 rings (SSSR count). The molecule has 1 N–H and O–H groups in total. The quantitative estimate of drug-likeness (QED) is 0.766. The van der Waals surface area contributed by atoms with E-state index >= 15 is 0 Å². The lowest BCUT2D eigenvalue weighted by molar-refractivity contribution is 0.572. The Bertz CT molecular complexity index is 755. The van der Waals surface area contributed by atoms with Crippen LogP contribution in [0.5, 0.6) is 0 Å². The Hall–Kier alpha value is -2.20. The van der Waals surface area contributed by atoms with E-state index in [-0.39, 0.29) is 0 Å². The number of hydrogen-bond acceptors (Lipinski definition) is 4. The van der Waals surface area contributed by atoms with Gasteiger partial charge in [0.15, 0.2) is 12.2 Å². The molecule has 1 unspecified atom stereocenters. The molecule has 104 valence electrons. The van der Waals surface area contributed by atoms with Gasteiger partial charge in [-0.3, -0.25) is 0 Å².